The molecule has 0 unspecified atom stereocenters. The molecule has 3 aromatic rings. The predicted octanol–water partition coefficient (Wildman–Crippen LogP) is 4.33. The van der Waals surface area contributed by atoms with Crippen molar-refractivity contribution in [3.05, 3.63) is 72.4 Å². The molecule has 140 valence electrons. The van der Waals surface area contributed by atoms with Crippen molar-refractivity contribution in [2.24, 2.45) is 0 Å². The number of rotatable bonds is 7. The summed E-state index contributed by atoms with van der Waals surface area (Å²) in [5.41, 5.74) is 2.44. The number of anilines is 3. The van der Waals surface area contributed by atoms with E-state index < -0.39 is 10.0 Å². The Bertz CT molecular complexity index is 1000. The van der Waals surface area contributed by atoms with Crippen molar-refractivity contribution in [2.45, 2.75) is 18.7 Å². The summed E-state index contributed by atoms with van der Waals surface area (Å²) in [6.45, 7) is 4.40. The molecule has 0 radical (unpaired) electrons. The van der Waals surface area contributed by atoms with Gasteiger partial charge < -0.3 is 10.1 Å². The lowest BCUT2D eigenvalue weighted by Gasteiger charge is -2.11. The van der Waals surface area contributed by atoms with Crippen molar-refractivity contribution in [3.63, 3.8) is 0 Å². The fourth-order valence-electron chi connectivity index (χ4n) is 2.48. The molecule has 2 aromatic carbocycles. The number of aryl methyl sites for hydroxylation is 1. The van der Waals surface area contributed by atoms with Crippen molar-refractivity contribution < 1.29 is 13.2 Å². The summed E-state index contributed by atoms with van der Waals surface area (Å²) in [5.74, 6) is 1.26. The summed E-state index contributed by atoms with van der Waals surface area (Å²) in [4.78, 5) is 4.43. The molecule has 0 saturated carbocycles. The highest BCUT2D eigenvalue weighted by atomic mass is 32.2. The molecular weight excluding hydrogens is 362 g/mol. The van der Waals surface area contributed by atoms with E-state index in [1.165, 1.54) is 18.3 Å². The van der Waals surface area contributed by atoms with Crippen molar-refractivity contribution >= 4 is 27.2 Å². The molecule has 6 nitrogen and oxygen atoms in total. The quantitative estimate of drug-likeness (QED) is 0.635. The molecule has 1 heterocycles. The second kappa shape index (κ2) is 8.09. The Hall–Kier alpha value is -3.06. The van der Waals surface area contributed by atoms with Crippen LogP contribution in [-0.2, 0) is 10.0 Å². The minimum Gasteiger partial charge on any atom is -0.494 e. The van der Waals surface area contributed by atoms with Crippen molar-refractivity contribution in [3.8, 4) is 5.75 Å². The molecule has 2 N–H and O–H groups in total. The molecule has 3 rings (SSSR count). The van der Waals surface area contributed by atoms with Gasteiger partial charge in [0.2, 0.25) is 0 Å². The Morgan fingerprint density at radius 2 is 1.74 bits per heavy atom. The van der Waals surface area contributed by atoms with Crippen molar-refractivity contribution in [1.82, 2.24) is 4.98 Å². The highest BCUT2D eigenvalue weighted by molar-refractivity contribution is 7.92. The van der Waals surface area contributed by atoms with E-state index in [9.17, 15) is 8.42 Å². The van der Waals surface area contributed by atoms with Gasteiger partial charge in [-0.15, -0.1) is 0 Å². The maximum atomic E-state index is 12.5. The summed E-state index contributed by atoms with van der Waals surface area (Å²) in [5, 5.41) is 3.21. The normalized spacial score (nSPS) is 11.0. The van der Waals surface area contributed by atoms with Crippen LogP contribution in [0.4, 0.5) is 17.2 Å². The first kappa shape index (κ1) is 18.7. The van der Waals surface area contributed by atoms with Gasteiger partial charge in [-0.1, -0.05) is 18.2 Å². The van der Waals surface area contributed by atoms with E-state index in [-0.39, 0.29) is 4.90 Å². The van der Waals surface area contributed by atoms with E-state index in [1.54, 1.807) is 24.3 Å². The Kier molecular flexibility index (Phi) is 5.61. The van der Waals surface area contributed by atoms with Crippen LogP contribution in [0.25, 0.3) is 0 Å². The monoisotopic (exact) mass is 383 g/mol. The van der Waals surface area contributed by atoms with E-state index >= 15 is 0 Å². The molecule has 0 bridgehead atoms. The lowest BCUT2D eigenvalue weighted by Crippen LogP contribution is -2.13. The molecule has 1 aromatic heterocycles. The van der Waals surface area contributed by atoms with Gasteiger partial charge >= 0.3 is 0 Å². The molecular formula is C20H21N3O3S. The SMILES string of the molecule is CCOc1ccc(S(=O)(=O)Nc2ccc(Nc3ccccc3C)nc2)cc1. The number of nitrogens with zero attached hydrogens (tertiary/aromatic N) is 1. The molecule has 0 fully saturated rings. The number of para-hydroxylation sites is 1. The first-order valence-corrected chi connectivity index (χ1v) is 10.0. The minimum atomic E-state index is -3.69. The van der Waals surface area contributed by atoms with E-state index in [4.69, 9.17) is 4.74 Å². The molecule has 0 aliphatic rings. The smallest absolute Gasteiger partial charge is 0.261 e. The molecule has 0 saturated heterocycles. The fourth-order valence-corrected chi connectivity index (χ4v) is 3.52. The Balaban J connectivity index is 1.70. The number of benzene rings is 2. The average molecular weight is 383 g/mol. The Morgan fingerprint density at radius 1 is 1.00 bits per heavy atom. The van der Waals surface area contributed by atoms with Crippen LogP contribution in [-0.4, -0.2) is 20.0 Å². The molecule has 27 heavy (non-hydrogen) atoms. The van der Waals surface area contributed by atoms with Crippen LogP contribution in [0.3, 0.4) is 0 Å². The molecule has 0 aliphatic heterocycles. The summed E-state index contributed by atoms with van der Waals surface area (Å²) in [6, 6.07) is 17.5. The van der Waals surface area contributed by atoms with Crippen LogP contribution >= 0.6 is 0 Å². The van der Waals surface area contributed by atoms with Gasteiger partial charge in [-0.05, 0) is 61.9 Å². The van der Waals surface area contributed by atoms with Crippen LogP contribution in [0.1, 0.15) is 12.5 Å². The first-order chi connectivity index (χ1) is 13.0. The van der Waals surface area contributed by atoms with E-state index in [0.29, 0.717) is 23.9 Å². The van der Waals surface area contributed by atoms with Gasteiger partial charge in [0.25, 0.3) is 10.0 Å². The van der Waals surface area contributed by atoms with Gasteiger partial charge in [0.1, 0.15) is 11.6 Å². The zero-order valence-electron chi connectivity index (χ0n) is 15.1. The number of hydrogen-bond acceptors (Lipinski definition) is 5. The van der Waals surface area contributed by atoms with E-state index in [0.717, 1.165) is 11.3 Å². The summed E-state index contributed by atoms with van der Waals surface area (Å²) >= 11 is 0. The molecule has 0 atom stereocenters. The van der Waals surface area contributed by atoms with Gasteiger partial charge in [0, 0.05) is 5.69 Å². The van der Waals surface area contributed by atoms with Crippen LogP contribution in [0, 0.1) is 6.92 Å². The van der Waals surface area contributed by atoms with Crippen LogP contribution in [0.15, 0.2) is 71.8 Å². The topological polar surface area (TPSA) is 80.3 Å². The Morgan fingerprint density at radius 3 is 2.37 bits per heavy atom. The minimum absolute atomic E-state index is 0.160. The maximum Gasteiger partial charge on any atom is 0.261 e. The average Bonchev–Trinajstić information content (AvgIpc) is 2.66. The third kappa shape index (κ3) is 4.77. The summed E-state index contributed by atoms with van der Waals surface area (Å²) < 4.78 is 32.9. The largest absolute Gasteiger partial charge is 0.494 e. The summed E-state index contributed by atoms with van der Waals surface area (Å²) in [6.07, 6.45) is 1.48. The van der Waals surface area contributed by atoms with Gasteiger partial charge in [-0.3, -0.25) is 4.72 Å². The summed E-state index contributed by atoms with van der Waals surface area (Å²) in [7, 11) is -3.69. The first-order valence-electron chi connectivity index (χ1n) is 8.52. The number of ether oxygens (including phenoxy) is 1. The third-order valence-electron chi connectivity index (χ3n) is 3.87. The predicted molar refractivity (Wildman–Crippen MR) is 107 cm³/mol. The lowest BCUT2D eigenvalue weighted by atomic mass is 10.2. The molecule has 0 aliphatic carbocycles. The molecule has 7 heteroatoms. The Labute approximate surface area is 159 Å². The van der Waals surface area contributed by atoms with Crippen molar-refractivity contribution in [1.29, 1.82) is 0 Å². The zero-order valence-corrected chi connectivity index (χ0v) is 16.0. The standard InChI is InChI=1S/C20H21N3O3S/c1-3-26-17-9-11-18(12-10-17)27(24,25)23-16-8-13-20(21-14-16)22-19-7-5-4-6-15(19)2/h4-14,23H,3H2,1-2H3,(H,21,22). The van der Waals surface area contributed by atoms with Gasteiger partial charge in [-0.25, -0.2) is 13.4 Å². The van der Waals surface area contributed by atoms with Gasteiger partial charge in [-0.2, -0.15) is 0 Å². The van der Waals surface area contributed by atoms with E-state index in [1.807, 2.05) is 38.1 Å². The number of aromatic nitrogens is 1. The van der Waals surface area contributed by atoms with E-state index in [2.05, 4.69) is 15.0 Å². The van der Waals surface area contributed by atoms with Crippen molar-refractivity contribution in [2.75, 3.05) is 16.6 Å². The maximum absolute atomic E-state index is 12.5. The fraction of sp³-hybridized carbons (Fsp3) is 0.150. The van der Waals surface area contributed by atoms with Crippen LogP contribution in [0.2, 0.25) is 0 Å². The second-order valence-electron chi connectivity index (χ2n) is 5.88. The second-order valence-corrected chi connectivity index (χ2v) is 7.56. The van der Waals surface area contributed by atoms with Crippen LogP contribution in [0.5, 0.6) is 5.75 Å². The highest BCUT2D eigenvalue weighted by Gasteiger charge is 2.14. The van der Waals surface area contributed by atoms with Crippen LogP contribution < -0.4 is 14.8 Å². The number of nitrogens with one attached hydrogen (secondary N) is 2. The number of sulfonamides is 1. The highest BCUT2D eigenvalue weighted by Crippen LogP contribution is 2.22. The third-order valence-corrected chi connectivity index (χ3v) is 5.27. The molecule has 0 spiro atoms. The zero-order chi connectivity index (χ0) is 19.3. The lowest BCUT2D eigenvalue weighted by molar-refractivity contribution is 0.340. The molecule has 0 amide bonds. The van der Waals surface area contributed by atoms with Gasteiger partial charge in [0.15, 0.2) is 0 Å². The number of pyridine rings is 1. The van der Waals surface area contributed by atoms with Gasteiger partial charge in [0.05, 0.1) is 23.4 Å². The number of hydrogen-bond donors (Lipinski definition) is 2.